The van der Waals surface area contributed by atoms with Crippen molar-refractivity contribution in [2.24, 2.45) is 0 Å². The summed E-state index contributed by atoms with van der Waals surface area (Å²) in [6.07, 6.45) is 3.18. The van der Waals surface area contributed by atoms with E-state index in [9.17, 15) is 0 Å². The molecule has 1 aromatic heterocycles. The van der Waals surface area contributed by atoms with Crippen molar-refractivity contribution in [2.45, 2.75) is 18.4 Å². The molecule has 1 aromatic rings. The fourth-order valence-corrected chi connectivity index (χ4v) is 1.33. The smallest absolute Gasteiger partial charge is 0.157 e. The number of nitrogens with two attached hydrogens (primary N) is 1. The summed E-state index contributed by atoms with van der Waals surface area (Å²) >= 11 is 5.73. The lowest BCUT2D eigenvalue weighted by atomic mass is 10.3. The molecule has 4 N–H and O–H groups in total. The molecule has 0 unspecified atom stereocenters. The number of aromatic nitrogens is 2. The molecular weight excluding hydrogens is 204 g/mol. The summed E-state index contributed by atoms with van der Waals surface area (Å²) in [6.45, 7) is 0.0774. The highest BCUT2D eigenvalue weighted by Crippen LogP contribution is 2.39. The number of rotatable bonds is 3. The summed E-state index contributed by atoms with van der Waals surface area (Å²) < 4.78 is 0. The second kappa shape index (κ2) is 3.25. The predicted molar refractivity (Wildman–Crippen MR) is 54.1 cm³/mol. The Morgan fingerprint density at radius 1 is 1.57 bits per heavy atom. The molecule has 0 radical (unpaired) electrons. The first-order valence-electron chi connectivity index (χ1n) is 4.32. The quantitative estimate of drug-likeness (QED) is 0.644. The average molecular weight is 215 g/mol. The monoisotopic (exact) mass is 214 g/mol. The van der Waals surface area contributed by atoms with Crippen LogP contribution in [0.4, 0.5) is 11.5 Å². The van der Waals surface area contributed by atoms with Gasteiger partial charge in [0.05, 0.1) is 12.1 Å². The molecule has 76 valence electrons. The van der Waals surface area contributed by atoms with Gasteiger partial charge in [-0.1, -0.05) is 11.6 Å². The van der Waals surface area contributed by atoms with Crippen LogP contribution in [0.5, 0.6) is 0 Å². The molecule has 1 aliphatic carbocycles. The van der Waals surface area contributed by atoms with Crippen molar-refractivity contribution in [3.63, 3.8) is 0 Å². The highest BCUT2D eigenvalue weighted by Gasteiger charge is 2.42. The number of nitrogens with one attached hydrogen (secondary N) is 1. The fraction of sp³-hybridized carbons (Fsp3) is 0.500. The van der Waals surface area contributed by atoms with Crippen LogP contribution in [0.2, 0.25) is 5.15 Å². The topological polar surface area (TPSA) is 84.1 Å². The van der Waals surface area contributed by atoms with Gasteiger partial charge in [0.15, 0.2) is 11.0 Å². The van der Waals surface area contributed by atoms with Crippen molar-refractivity contribution in [3.05, 3.63) is 11.5 Å². The molecular formula is C8H11ClN4O. The van der Waals surface area contributed by atoms with Gasteiger partial charge >= 0.3 is 0 Å². The van der Waals surface area contributed by atoms with E-state index in [1.165, 1.54) is 6.33 Å². The van der Waals surface area contributed by atoms with Gasteiger partial charge in [0, 0.05) is 0 Å². The van der Waals surface area contributed by atoms with Crippen molar-refractivity contribution < 1.29 is 5.11 Å². The van der Waals surface area contributed by atoms with Gasteiger partial charge in [-0.3, -0.25) is 0 Å². The van der Waals surface area contributed by atoms with Gasteiger partial charge < -0.3 is 16.2 Å². The molecule has 6 heteroatoms. The molecule has 1 aliphatic rings. The second-order valence-corrected chi connectivity index (χ2v) is 3.85. The summed E-state index contributed by atoms with van der Waals surface area (Å²) in [5.74, 6) is 0.497. The molecule has 0 bridgehead atoms. The standard InChI is InChI=1S/C8H11ClN4O/c9-6-5(10)7(12-4-11-6)13-8(3-14)1-2-8/h4,14H,1-3,10H2,(H,11,12,13). The molecule has 1 fully saturated rings. The first kappa shape index (κ1) is 9.48. The summed E-state index contributed by atoms with van der Waals surface area (Å²) in [4.78, 5) is 7.71. The van der Waals surface area contributed by atoms with Gasteiger partial charge in [-0.25, -0.2) is 9.97 Å². The Labute approximate surface area is 86.3 Å². The number of hydrogen-bond acceptors (Lipinski definition) is 5. The Balaban J connectivity index is 2.21. The minimum Gasteiger partial charge on any atom is -0.394 e. The van der Waals surface area contributed by atoms with Crippen molar-refractivity contribution >= 4 is 23.1 Å². The molecule has 1 heterocycles. The zero-order valence-corrected chi connectivity index (χ0v) is 8.25. The Morgan fingerprint density at radius 2 is 2.29 bits per heavy atom. The van der Waals surface area contributed by atoms with Gasteiger partial charge in [-0.15, -0.1) is 0 Å². The molecule has 0 amide bonds. The van der Waals surface area contributed by atoms with Crippen LogP contribution in [0.3, 0.4) is 0 Å². The van der Waals surface area contributed by atoms with Crippen LogP contribution in [0.1, 0.15) is 12.8 Å². The lowest BCUT2D eigenvalue weighted by Crippen LogP contribution is -2.26. The Kier molecular flexibility index (Phi) is 2.20. The molecule has 1 saturated carbocycles. The zero-order chi connectivity index (χ0) is 10.2. The van der Waals surface area contributed by atoms with E-state index in [1.54, 1.807) is 0 Å². The normalized spacial score (nSPS) is 17.9. The Hall–Kier alpha value is -1.07. The zero-order valence-electron chi connectivity index (χ0n) is 7.50. The van der Waals surface area contributed by atoms with Crippen molar-refractivity contribution in [2.75, 3.05) is 17.7 Å². The molecule has 0 saturated heterocycles. The van der Waals surface area contributed by atoms with E-state index in [-0.39, 0.29) is 17.3 Å². The molecule has 0 spiro atoms. The van der Waals surface area contributed by atoms with Gasteiger partial charge in [0.25, 0.3) is 0 Å². The predicted octanol–water partition coefficient (Wildman–Crippen LogP) is 0.649. The first-order chi connectivity index (χ1) is 6.67. The Bertz CT molecular complexity index is 353. The summed E-state index contributed by atoms with van der Waals surface area (Å²) in [5, 5.41) is 12.4. The molecule has 14 heavy (non-hydrogen) atoms. The van der Waals surface area contributed by atoms with E-state index >= 15 is 0 Å². The minimum absolute atomic E-state index is 0.0774. The van der Waals surface area contributed by atoms with Gasteiger partial charge in [-0.2, -0.15) is 0 Å². The van der Waals surface area contributed by atoms with Crippen LogP contribution in [0, 0.1) is 0 Å². The third-order valence-electron chi connectivity index (χ3n) is 2.38. The fourth-order valence-electron chi connectivity index (χ4n) is 1.20. The summed E-state index contributed by atoms with van der Waals surface area (Å²) in [5.41, 5.74) is 5.75. The SMILES string of the molecule is Nc1c(Cl)ncnc1NC1(CO)CC1. The highest BCUT2D eigenvalue weighted by atomic mass is 35.5. The van der Waals surface area contributed by atoms with Crippen LogP contribution >= 0.6 is 11.6 Å². The van der Waals surface area contributed by atoms with E-state index in [0.29, 0.717) is 11.5 Å². The number of aliphatic hydroxyl groups is 1. The van der Waals surface area contributed by atoms with E-state index in [4.69, 9.17) is 22.4 Å². The van der Waals surface area contributed by atoms with Crippen molar-refractivity contribution in [1.82, 2.24) is 9.97 Å². The van der Waals surface area contributed by atoms with Crippen LogP contribution in [0.25, 0.3) is 0 Å². The van der Waals surface area contributed by atoms with Crippen LogP contribution < -0.4 is 11.1 Å². The van der Waals surface area contributed by atoms with E-state index in [0.717, 1.165) is 12.8 Å². The van der Waals surface area contributed by atoms with E-state index in [2.05, 4.69) is 15.3 Å². The van der Waals surface area contributed by atoms with Crippen molar-refractivity contribution in [1.29, 1.82) is 0 Å². The lowest BCUT2D eigenvalue weighted by molar-refractivity contribution is 0.266. The maximum absolute atomic E-state index is 9.10. The molecule has 0 aliphatic heterocycles. The van der Waals surface area contributed by atoms with Crippen LogP contribution in [-0.4, -0.2) is 27.2 Å². The summed E-state index contributed by atoms with van der Waals surface area (Å²) in [6, 6.07) is 0. The van der Waals surface area contributed by atoms with Crippen LogP contribution in [0.15, 0.2) is 6.33 Å². The maximum atomic E-state index is 9.10. The highest BCUT2D eigenvalue weighted by molar-refractivity contribution is 6.32. The molecule has 0 atom stereocenters. The largest absolute Gasteiger partial charge is 0.394 e. The molecule has 5 nitrogen and oxygen atoms in total. The molecule has 0 aromatic carbocycles. The lowest BCUT2D eigenvalue weighted by Gasteiger charge is -2.16. The minimum atomic E-state index is -0.244. The number of nitrogen functional groups attached to an aromatic ring is 1. The Morgan fingerprint density at radius 3 is 2.86 bits per heavy atom. The number of nitrogens with zero attached hydrogens (tertiary/aromatic N) is 2. The number of aliphatic hydroxyl groups excluding tert-OH is 1. The average Bonchev–Trinajstić information content (AvgIpc) is 2.94. The van der Waals surface area contributed by atoms with E-state index < -0.39 is 0 Å². The third kappa shape index (κ3) is 1.60. The van der Waals surface area contributed by atoms with Gasteiger partial charge in [-0.05, 0) is 12.8 Å². The first-order valence-corrected chi connectivity index (χ1v) is 4.70. The van der Waals surface area contributed by atoms with Gasteiger partial charge in [0.2, 0.25) is 0 Å². The van der Waals surface area contributed by atoms with Crippen molar-refractivity contribution in [3.8, 4) is 0 Å². The number of anilines is 2. The van der Waals surface area contributed by atoms with Gasteiger partial charge in [0.1, 0.15) is 12.0 Å². The maximum Gasteiger partial charge on any atom is 0.157 e. The molecule has 2 rings (SSSR count). The summed E-state index contributed by atoms with van der Waals surface area (Å²) in [7, 11) is 0. The van der Waals surface area contributed by atoms with E-state index in [1.807, 2.05) is 0 Å². The number of halogens is 1. The second-order valence-electron chi connectivity index (χ2n) is 3.49. The number of hydrogen-bond donors (Lipinski definition) is 3. The third-order valence-corrected chi connectivity index (χ3v) is 2.68. The van der Waals surface area contributed by atoms with Crippen LogP contribution in [-0.2, 0) is 0 Å².